The van der Waals surface area contributed by atoms with Gasteiger partial charge < -0.3 is 9.64 Å². The van der Waals surface area contributed by atoms with E-state index < -0.39 is 16.1 Å². The lowest BCUT2D eigenvalue weighted by Crippen LogP contribution is -2.66. The summed E-state index contributed by atoms with van der Waals surface area (Å²) >= 11 is 0. The van der Waals surface area contributed by atoms with Gasteiger partial charge in [-0.3, -0.25) is 4.79 Å². The number of fused-ring (bicyclic) bond motifs is 1. The number of hydrogen-bond acceptors (Lipinski definition) is 4. The summed E-state index contributed by atoms with van der Waals surface area (Å²) in [4.78, 5) is 14.8. The van der Waals surface area contributed by atoms with Crippen LogP contribution in [0.1, 0.15) is 25.3 Å². The fourth-order valence-electron chi connectivity index (χ4n) is 4.65. The van der Waals surface area contributed by atoms with Crippen molar-refractivity contribution in [3.8, 4) is 11.1 Å². The Labute approximate surface area is 182 Å². The van der Waals surface area contributed by atoms with Crippen LogP contribution < -0.4 is 4.72 Å². The second-order valence-corrected chi connectivity index (χ2v) is 10.2. The second-order valence-electron chi connectivity index (χ2n) is 8.43. The number of piperidine rings is 1. The average Bonchev–Trinajstić information content (AvgIpc) is 2.71. The molecular weight excluding hydrogens is 419 g/mol. The van der Waals surface area contributed by atoms with Gasteiger partial charge in [0.2, 0.25) is 10.0 Å². The molecule has 31 heavy (non-hydrogen) atoms. The van der Waals surface area contributed by atoms with Crippen molar-refractivity contribution in [2.24, 2.45) is 0 Å². The van der Waals surface area contributed by atoms with Gasteiger partial charge in [0, 0.05) is 6.04 Å². The van der Waals surface area contributed by atoms with Crippen molar-refractivity contribution in [2.45, 2.75) is 50.4 Å². The van der Waals surface area contributed by atoms with Crippen LogP contribution in [0.5, 0.6) is 0 Å². The monoisotopic (exact) mass is 446 g/mol. The third-order valence-electron chi connectivity index (χ3n) is 6.06. The number of hydrogen-bond donors (Lipinski definition) is 1. The Morgan fingerprint density at radius 3 is 2.55 bits per heavy atom. The van der Waals surface area contributed by atoms with Gasteiger partial charge in [0.25, 0.3) is 5.91 Å². The zero-order chi connectivity index (χ0) is 22.2. The molecule has 2 aliphatic rings. The first-order valence-corrected chi connectivity index (χ1v) is 12.4. The maximum absolute atomic E-state index is 13.7. The van der Waals surface area contributed by atoms with E-state index in [9.17, 15) is 17.6 Å². The average molecular weight is 447 g/mol. The molecule has 0 bridgehead atoms. The standard InChI is InChI=1S/C23H27FN2O4S/c1-15-23(27)26-20(14-30-15)9-10-21(25-31(2,28)29)22(26)12-16-5-3-6-17(11-16)18-7-4-8-19(24)13-18/h3-8,11,13,15,20-22,25H,9-10,12,14H2,1-2H3. The zero-order valence-corrected chi connectivity index (χ0v) is 18.4. The molecule has 1 N–H and O–H groups in total. The Hall–Kier alpha value is -2.29. The van der Waals surface area contributed by atoms with Crippen molar-refractivity contribution in [2.75, 3.05) is 12.9 Å². The number of sulfonamides is 1. The fourth-order valence-corrected chi connectivity index (χ4v) is 5.48. The smallest absolute Gasteiger partial charge is 0.252 e. The summed E-state index contributed by atoms with van der Waals surface area (Å²) in [5.74, 6) is -0.411. The maximum Gasteiger partial charge on any atom is 0.252 e. The molecule has 166 valence electrons. The molecule has 2 aromatic rings. The van der Waals surface area contributed by atoms with E-state index in [0.29, 0.717) is 25.9 Å². The van der Waals surface area contributed by atoms with Crippen LogP contribution >= 0.6 is 0 Å². The number of nitrogens with zero attached hydrogens (tertiary/aromatic N) is 1. The summed E-state index contributed by atoms with van der Waals surface area (Å²) in [7, 11) is -3.43. The van der Waals surface area contributed by atoms with E-state index in [1.165, 1.54) is 12.1 Å². The van der Waals surface area contributed by atoms with Crippen molar-refractivity contribution in [1.29, 1.82) is 0 Å². The molecular formula is C23H27FN2O4S. The molecule has 2 aliphatic heterocycles. The van der Waals surface area contributed by atoms with E-state index in [4.69, 9.17) is 4.74 Å². The van der Waals surface area contributed by atoms with Crippen molar-refractivity contribution in [1.82, 2.24) is 9.62 Å². The van der Waals surface area contributed by atoms with Crippen molar-refractivity contribution in [3.05, 3.63) is 59.9 Å². The SMILES string of the molecule is CC1OCC2CCC(NS(C)(=O)=O)C(Cc3cccc(-c4cccc(F)c4)c3)N2C1=O. The number of carbonyl (C=O) groups excluding carboxylic acids is 1. The molecule has 2 fully saturated rings. The molecule has 2 aromatic carbocycles. The van der Waals surface area contributed by atoms with Gasteiger partial charge in [0.15, 0.2) is 0 Å². The van der Waals surface area contributed by atoms with Crippen LogP contribution in [0.15, 0.2) is 48.5 Å². The Kier molecular flexibility index (Phi) is 6.14. The second kappa shape index (κ2) is 8.68. The van der Waals surface area contributed by atoms with Gasteiger partial charge in [-0.05, 0) is 55.0 Å². The largest absolute Gasteiger partial charge is 0.367 e. The molecule has 2 heterocycles. The lowest BCUT2D eigenvalue weighted by Gasteiger charge is -2.49. The molecule has 0 aliphatic carbocycles. The van der Waals surface area contributed by atoms with Crippen LogP contribution in [0.2, 0.25) is 0 Å². The first kappa shape index (κ1) is 21.9. The van der Waals surface area contributed by atoms with E-state index in [0.717, 1.165) is 22.9 Å². The lowest BCUT2D eigenvalue weighted by molar-refractivity contribution is -0.166. The lowest BCUT2D eigenvalue weighted by atomic mass is 9.86. The van der Waals surface area contributed by atoms with E-state index >= 15 is 0 Å². The minimum atomic E-state index is -3.43. The van der Waals surface area contributed by atoms with Crippen LogP contribution in [0, 0.1) is 5.82 Å². The number of rotatable bonds is 5. The van der Waals surface area contributed by atoms with Gasteiger partial charge in [-0.1, -0.05) is 36.4 Å². The van der Waals surface area contributed by atoms with Gasteiger partial charge in [-0.25, -0.2) is 17.5 Å². The maximum atomic E-state index is 13.7. The van der Waals surface area contributed by atoms with Gasteiger partial charge >= 0.3 is 0 Å². The van der Waals surface area contributed by atoms with Gasteiger partial charge in [0.05, 0.1) is 24.9 Å². The molecule has 2 saturated heterocycles. The number of ether oxygens (including phenoxy) is 1. The Morgan fingerprint density at radius 2 is 1.84 bits per heavy atom. The number of nitrogens with one attached hydrogen (secondary N) is 1. The molecule has 1 amide bonds. The number of amides is 1. The highest BCUT2D eigenvalue weighted by molar-refractivity contribution is 7.88. The highest BCUT2D eigenvalue weighted by Crippen LogP contribution is 2.31. The molecule has 0 spiro atoms. The van der Waals surface area contributed by atoms with Crippen molar-refractivity contribution in [3.63, 3.8) is 0 Å². The number of morpholine rings is 1. The van der Waals surface area contributed by atoms with Gasteiger partial charge in [-0.2, -0.15) is 0 Å². The molecule has 4 atom stereocenters. The molecule has 0 saturated carbocycles. The highest BCUT2D eigenvalue weighted by atomic mass is 32.2. The Balaban J connectivity index is 1.66. The minimum Gasteiger partial charge on any atom is -0.367 e. The fraction of sp³-hybridized carbons (Fsp3) is 0.435. The minimum absolute atomic E-state index is 0.0577. The van der Waals surface area contributed by atoms with Crippen LogP contribution in [0.4, 0.5) is 4.39 Å². The zero-order valence-electron chi connectivity index (χ0n) is 17.6. The summed E-state index contributed by atoms with van der Waals surface area (Å²) in [6.07, 6.45) is 2.41. The quantitative estimate of drug-likeness (QED) is 0.766. The van der Waals surface area contributed by atoms with Gasteiger partial charge in [-0.15, -0.1) is 0 Å². The van der Waals surface area contributed by atoms with E-state index in [2.05, 4.69) is 4.72 Å². The normalized spacial score (nSPS) is 26.5. The first-order valence-electron chi connectivity index (χ1n) is 10.5. The van der Waals surface area contributed by atoms with Crippen LogP contribution in [0.3, 0.4) is 0 Å². The summed E-state index contributed by atoms with van der Waals surface area (Å²) < 4.78 is 46.0. The predicted molar refractivity (Wildman–Crippen MR) is 116 cm³/mol. The van der Waals surface area contributed by atoms with E-state index in [1.807, 2.05) is 35.2 Å². The molecule has 4 unspecified atom stereocenters. The molecule has 6 nitrogen and oxygen atoms in total. The molecule has 4 rings (SSSR count). The molecule has 0 radical (unpaired) electrons. The van der Waals surface area contributed by atoms with Crippen LogP contribution in [-0.2, 0) is 26.0 Å². The Bertz CT molecular complexity index is 1070. The van der Waals surface area contributed by atoms with E-state index in [-0.39, 0.29) is 29.8 Å². The summed E-state index contributed by atoms with van der Waals surface area (Å²) in [6, 6.07) is 13.4. The summed E-state index contributed by atoms with van der Waals surface area (Å²) in [5.41, 5.74) is 2.60. The number of halogens is 1. The molecule has 8 heteroatoms. The van der Waals surface area contributed by atoms with Crippen LogP contribution in [-0.4, -0.2) is 56.3 Å². The van der Waals surface area contributed by atoms with E-state index in [1.54, 1.807) is 13.0 Å². The third-order valence-corrected chi connectivity index (χ3v) is 6.79. The summed E-state index contributed by atoms with van der Waals surface area (Å²) in [5, 5.41) is 0. The first-order chi connectivity index (χ1) is 14.7. The van der Waals surface area contributed by atoms with Crippen molar-refractivity contribution >= 4 is 15.9 Å². The van der Waals surface area contributed by atoms with Gasteiger partial charge in [0.1, 0.15) is 11.9 Å². The van der Waals surface area contributed by atoms with Crippen LogP contribution in [0.25, 0.3) is 11.1 Å². The van der Waals surface area contributed by atoms with Crippen molar-refractivity contribution < 1.29 is 22.3 Å². The topological polar surface area (TPSA) is 75.7 Å². The number of benzene rings is 2. The third kappa shape index (κ3) is 4.97. The summed E-state index contributed by atoms with van der Waals surface area (Å²) in [6.45, 7) is 2.19. The number of carbonyl (C=O) groups is 1. The Morgan fingerprint density at radius 1 is 1.13 bits per heavy atom. The highest BCUT2D eigenvalue weighted by Gasteiger charge is 2.45. The molecule has 0 aromatic heterocycles. The predicted octanol–water partition coefficient (Wildman–Crippen LogP) is 2.73.